The highest BCUT2D eigenvalue weighted by molar-refractivity contribution is 7.90. The normalized spacial score (nSPS) is 19.4. The summed E-state index contributed by atoms with van der Waals surface area (Å²) in [6.07, 6.45) is 1.30. The molecular weight excluding hydrogens is 540 g/mol. The highest BCUT2D eigenvalue weighted by Gasteiger charge is 2.67. The van der Waals surface area contributed by atoms with Crippen molar-refractivity contribution in [2.75, 3.05) is 17.3 Å². The number of sulfone groups is 1. The molecule has 2 unspecified atom stereocenters. The van der Waals surface area contributed by atoms with Crippen LogP contribution in [0.4, 0.5) is 5.69 Å². The zero-order valence-electron chi connectivity index (χ0n) is 16.7. The predicted octanol–water partition coefficient (Wildman–Crippen LogP) is 6.18. The quantitative estimate of drug-likeness (QED) is 0.311. The number of carbonyl (C=O) groups is 2. The number of benzene rings is 2. The van der Waals surface area contributed by atoms with E-state index >= 15 is 0 Å². The molecular formula is C21H18Cl5NO4S. The van der Waals surface area contributed by atoms with Crippen LogP contribution in [0.15, 0.2) is 36.4 Å². The number of hydrogen-bond acceptors (Lipinski definition) is 4. The molecule has 0 aliphatic heterocycles. The van der Waals surface area contributed by atoms with Gasteiger partial charge in [0.2, 0.25) is 5.91 Å². The maximum atomic E-state index is 12.9. The number of ketones is 1. The molecule has 5 nitrogen and oxygen atoms in total. The summed E-state index contributed by atoms with van der Waals surface area (Å²) in [5.74, 6) is -2.13. The number of halogens is 5. The van der Waals surface area contributed by atoms with Gasteiger partial charge in [-0.2, -0.15) is 0 Å². The Bertz CT molecular complexity index is 1160. The fourth-order valence-corrected chi connectivity index (χ4v) is 5.75. The molecule has 1 amide bonds. The van der Waals surface area contributed by atoms with Crippen molar-refractivity contribution >= 4 is 85.2 Å². The van der Waals surface area contributed by atoms with E-state index in [2.05, 4.69) is 5.32 Å². The standard InChI is InChI=1S/C21H18Cl5NO4S/c1-32(30,31)6-2-3-17(28)15-10-14(4-5-16(15)24)27-20(29)19-18(21(19,25)26)11-7-12(22)9-13(23)8-11/h4-5,7-10,18-19H,2-3,6H2,1H3,(H,27,29). The Morgan fingerprint density at radius 3 is 2.25 bits per heavy atom. The minimum absolute atomic E-state index is 0.0108. The van der Waals surface area contributed by atoms with Gasteiger partial charge in [0, 0.05) is 39.9 Å². The van der Waals surface area contributed by atoms with E-state index in [4.69, 9.17) is 58.0 Å². The van der Waals surface area contributed by atoms with Crippen LogP contribution in [-0.4, -0.2) is 36.5 Å². The van der Waals surface area contributed by atoms with E-state index < -0.39 is 31.9 Å². The van der Waals surface area contributed by atoms with E-state index in [1.165, 1.54) is 12.1 Å². The van der Waals surface area contributed by atoms with E-state index in [9.17, 15) is 18.0 Å². The molecule has 0 radical (unpaired) electrons. The van der Waals surface area contributed by atoms with Crippen LogP contribution in [-0.2, 0) is 14.6 Å². The molecule has 32 heavy (non-hydrogen) atoms. The fourth-order valence-electron chi connectivity index (χ4n) is 3.49. The zero-order valence-corrected chi connectivity index (χ0v) is 21.3. The highest BCUT2D eigenvalue weighted by Crippen LogP contribution is 2.65. The molecule has 2 aromatic rings. The first-order chi connectivity index (χ1) is 14.8. The summed E-state index contributed by atoms with van der Waals surface area (Å²) in [6, 6.07) is 9.35. The topological polar surface area (TPSA) is 80.3 Å². The molecule has 1 aliphatic carbocycles. The van der Waals surface area contributed by atoms with Crippen molar-refractivity contribution in [3.63, 3.8) is 0 Å². The summed E-state index contributed by atoms with van der Waals surface area (Å²) in [5.41, 5.74) is 1.17. The first kappa shape index (κ1) is 25.6. The SMILES string of the molecule is CS(=O)(=O)CCCC(=O)c1cc(NC(=O)C2C(c3cc(Cl)cc(Cl)c3)C2(Cl)Cl)ccc1Cl. The lowest BCUT2D eigenvalue weighted by Crippen LogP contribution is -2.17. The molecule has 1 fully saturated rings. The minimum atomic E-state index is -3.17. The van der Waals surface area contributed by atoms with Crippen LogP contribution >= 0.6 is 58.0 Å². The largest absolute Gasteiger partial charge is 0.326 e. The van der Waals surface area contributed by atoms with Gasteiger partial charge < -0.3 is 5.32 Å². The molecule has 1 saturated carbocycles. The van der Waals surface area contributed by atoms with Crippen LogP contribution in [0.5, 0.6) is 0 Å². The van der Waals surface area contributed by atoms with E-state index in [0.29, 0.717) is 21.3 Å². The van der Waals surface area contributed by atoms with Crippen molar-refractivity contribution in [2.45, 2.75) is 23.1 Å². The second-order valence-electron chi connectivity index (χ2n) is 7.67. The van der Waals surface area contributed by atoms with Crippen molar-refractivity contribution in [3.05, 3.63) is 62.6 Å². The Kier molecular flexibility index (Phi) is 7.75. The van der Waals surface area contributed by atoms with Crippen LogP contribution in [0, 0.1) is 5.92 Å². The van der Waals surface area contributed by atoms with Crippen molar-refractivity contribution in [3.8, 4) is 0 Å². The third kappa shape index (κ3) is 6.10. The first-order valence-corrected chi connectivity index (χ1v) is 13.4. The summed E-state index contributed by atoms with van der Waals surface area (Å²) < 4.78 is 21.2. The van der Waals surface area contributed by atoms with Crippen LogP contribution in [0.1, 0.15) is 34.7 Å². The van der Waals surface area contributed by atoms with Gasteiger partial charge in [-0.1, -0.05) is 34.8 Å². The zero-order chi connectivity index (χ0) is 23.8. The van der Waals surface area contributed by atoms with Gasteiger partial charge in [0.1, 0.15) is 14.2 Å². The monoisotopic (exact) mass is 555 g/mol. The number of Topliss-reactive ketones (excluding diaryl/α,β-unsaturated/α-hetero) is 1. The predicted molar refractivity (Wildman–Crippen MR) is 130 cm³/mol. The van der Waals surface area contributed by atoms with Gasteiger partial charge in [-0.05, 0) is 48.4 Å². The minimum Gasteiger partial charge on any atom is -0.326 e. The van der Waals surface area contributed by atoms with Gasteiger partial charge in [-0.3, -0.25) is 9.59 Å². The van der Waals surface area contributed by atoms with Gasteiger partial charge in [-0.25, -0.2) is 8.42 Å². The molecule has 11 heteroatoms. The van der Waals surface area contributed by atoms with Gasteiger partial charge in [0.15, 0.2) is 5.78 Å². The molecule has 0 saturated heterocycles. The number of rotatable bonds is 8. The number of nitrogens with one attached hydrogen (secondary N) is 1. The molecule has 2 aromatic carbocycles. The summed E-state index contributed by atoms with van der Waals surface area (Å²) >= 11 is 31.0. The molecule has 0 bridgehead atoms. The van der Waals surface area contributed by atoms with Crippen LogP contribution in [0.2, 0.25) is 15.1 Å². The Morgan fingerprint density at radius 1 is 1.03 bits per heavy atom. The molecule has 0 heterocycles. The lowest BCUT2D eigenvalue weighted by molar-refractivity contribution is -0.117. The summed E-state index contributed by atoms with van der Waals surface area (Å²) in [5, 5.41) is 3.72. The van der Waals surface area contributed by atoms with Gasteiger partial charge >= 0.3 is 0 Å². The molecule has 1 N–H and O–H groups in total. The molecule has 0 spiro atoms. The Morgan fingerprint density at radius 2 is 1.66 bits per heavy atom. The number of carbonyl (C=O) groups excluding carboxylic acids is 2. The van der Waals surface area contributed by atoms with E-state index in [-0.39, 0.29) is 35.0 Å². The summed E-state index contributed by atoms with van der Waals surface area (Å²) in [6.45, 7) is 0. The molecule has 3 rings (SSSR count). The second-order valence-corrected chi connectivity index (χ2v) is 12.7. The summed E-state index contributed by atoms with van der Waals surface area (Å²) in [7, 11) is -3.17. The number of amides is 1. The second kappa shape index (κ2) is 9.69. The maximum absolute atomic E-state index is 12.9. The van der Waals surface area contributed by atoms with Crippen LogP contribution in [0.25, 0.3) is 0 Å². The number of alkyl halides is 2. The summed E-state index contributed by atoms with van der Waals surface area (Å²) in [4.78, 5) is 25.3. The van der Waals surface area contributed by atoms with Crippen molar-refractivity contribution < 1.29 is 18.0 Å². The Labute approximate surface area is 211 Å². The molecule has 2 atom stereocenters. The smallest absolute Gasteiger partial charge is 0.231 e. The average Bonchev–Trinajstić information content (AvgIpc) is 3.23. The lowest BCUT2D eigenvalue weighted by atomic mass is 10.1. The van der Waals surface area contributed by atoms with Crippen molar-refractivity contribution in [1.82, 2.24) is 0 Å². The lowest BCUT2D eigenvalue weighted by Gasteiger charge is -2.09. The van der Waals surface area contributed by atoms with Gasteiger partial charge in [0.05, 0.1) is 16.7 Å². The fraction of sp³-hybridized carbons (Fsp3) is 0.333. The first-order valence-electron chi connectivity index (χ1n) is 9.45. The third-order valence-electron chi connectivity index (χ3n) is 5.03. The maximum Gasteiger partial charge on any atom is 0.231 e. The van der Waals surface area contributed by atoms with E-state index in [1.807, 2.05) is 0 Å². The van der Waals surface area contributed by atoms with E-state index in [1.54, 1.807) is 24.3 Å². The van der Waals surface area contributed by atoms with Gasteiger partial charge in [-0.15, -0.1) is 23.2 Å². The highest BCUT2D eigenvalue weighted by atomic mass is 35.5. The Hall–Kier alpha value is -1.02. The average molecular weight is 558 g/mol. The molecule has 1 aliphatic rings. The molecule has 0 aromatic heterocycles. The van der Waals surface area contributed by atoms with Crippen molar-refractivity contribution in [2.24, 2.45) is 5.92 Å². The number of hydrogen-bond donors (Lipinski definition) is 1. The molecule has 172 valence electrons. The Balaban J connectivity index is 1.72. The van der Waals surface area contributed by atoms with Gasteiger partial charge in [0.25, 0.3) is 0 Å². The van der Waals surface area contributed by atoms with Crippen molar-refractivity contribution in [1.29, 1.82) is 0 Å². The van der Waals surface area contributed by atoms with Crippen LogP contribution < -0.4 is 5.32 Å². The van der Waals surface area contributed by atoms with Crippen LogP contribution in [0.3, 0.4) is 0 Å². The third-order valence-corrected chi connectivity index (χ3v) is 7.77. The number of anilines is 1. The van der Waals surface area contributed by atoms with E-state index in [0.717, 1.165) is 6.26 Å².